The molecule has 0 bridgehead atoms. The van der Waals surface area contributed by atoms with Gasteiger partial charge in [0.2, 0.25) is 0 Å². The van der Waals surface area contributed by atoms with Crippen molar-refractivity contribution in [3.63, 3.8) is 0 Å². The minimum absolute atomic E-state index is 0.166. The molecule has 0 saturated carbocycles. The van der Waals surface area contributed by atoms with Gasteiger partial charge in [0.05, 0.1) is 5.54 Å². The molecule has 0 amide bonds. The largest absolute Gasteiger partial charge is 0.462 e. The standard InChI is InChI=1S/C17H22N2O/c1-13-11-14(2)20-16(12-13)7-10-17(19-4)8-5-15(18-3)6-9-17/h5-8,10-12,18-19H,1,9H2,2-4H3. The van der Waals surface area contributed by atoms with Gasteiger partial charge in [-0.3, -0.25) is 0 Å². The molecule has 3 nitrogen and oxygen atoms in total. The third-order valence-electron chi connectivity index (χ3n) is 3.51. The Morgan fingerprint density at radius 3 is 2.70 bits per heavy atom. The van der Waals surface area contributed by atoms with Crippen LogP contribution >= 0.6 is 0 Å². The minimum atomic E-state index is -0.166. The maximum atomic E-state index is 5.67. The van der Waals surface area contributed by atoms with Crippen LogP contribution in [-0.4, -0.2) is 19.6 Å². The Hall–Kier alpha value is -2.00. The molecular formula is C17H22N2O. The van der Waals surface area contributed by atoms with Gasteiger partial charge in [-0.15, -0.1) is 0 Å². The van der Waals surface area contributed by atoms with Crippen LogP contribution in [-0.2, 0) is 4.74 Å². The van der Waals surface area contributed by atoms with E-state index in [2.05, 4.69) is 41.5 Å². The van der Waals surface area contributed by atoms with Crippen LogP contribution in [0.25, 0.3) is 0 Å². The molecule has 106 valence electrons. The van der Waals surface area contributed by atoms with E-state index in [-0.39, 0.29) is 5.54 Å². The second kappa shape index (κ2) is 5.97. The average Bonchev–Trinajstić information content (AvgIpc) is 2.45. The molecule has 0 saturated heterocycles. The van der Waals surface area contributed by atoms with Crippen molar-refractivity contribution in [1.82, 2.24) is 10.6 Å². The van der Waals surface area contributed by atoms with Gasteiger partial charge >= 0.3 is 0 Å². The monoisotopic (exact) mass is 270 g/mol. The van der Waals surface area contributed by atoms with E-state index in [0.717, 1.165) is 29.2 Å². The molecule has 0 spiro atoms. The number of ether oxygens (including phenoxy) is 1. The highest BCUT2D eigenvalue weighted by Crippen LogP contribution is 2.24. The lowest BCUT2D eigenvalue weighted by Crippen LogP contribution is -2.40. The quantitative estimate of drug-likeness (QED) is 0.824. The molecule has 1 heterocycles. The zero-order chi connectivity index (χ0) is 14.6. The van der Waals surface area contributed by atoms with Crippen molar-refractivity contribution < 1.29 is 4.74 Å². The van der Waals surface area contributed by atoms with Gasteiger partial charge in [0.15, 0.2) is 0 Å². The van der Waals surface area contributed by atoms with Crippen LogP contribution in [0, 0.1) is 0 Å². The summed E-state index contributed by atoms with van der Waals surface area (Å²) in [6.45, 7) is 5.89. The Bertz CT molecular complexity index is 549. The molecule has 1 aliphatic heterocycles. The second-order valence-electron chi connectivity index (χ2n) is 5.05. The fraction of sp³-hybridized carbons (Fsp3) is 0.294. The predicted octanol–water partition coefficient (Wildman–Crippen LogP) is 2.94. The highest BCUT2D eigenvalue weighted by atomic mass is 16.5. The van der Waals surface area contributed by atoms with E-state index in [1.54, 1.807) is 0 Å². The highest BCUT2D eigenvalue weighted by Gasteiger charge is 2.23. The highest BCUT2D eigenvalue weighted by molar-refractivity contribution is 5.40. The summed E-state index contributed by atoms with van der Waals surface area (Å²) in [5.74, 6) is 1.69. The van der Waals surface area contributed by atoms with Crippen molar-refractivity contribution in [3.05, 3.63) is 71.9 Å². The van der Waals surface area contributed by atoms with Crippen molar-refractivity contribution >= 4 is 0 Å². The summed E-state index contributed by atoms with van der Waals surface area (Å²) in [7, 11) is 3.90. The SMILES string of the molecule is C=C1C=C(C)OC(C=CC2(NC)C=CC(NC)=CC2)=C1. The van der Waals surface area contributed by atoms with Crippen LogP contribution in [0.1, 0.15) is 13.3 Å². The van der Waals surface area contributed by atoms with E-state index < -0.39 is 0 Å². The lowest BCUT2D eigenvalue weighted by molar-refractivity contribution is 0.317. The Morgan fingerprint density at radius 1 is 1.35 bits per heavy atom. The molecule has 1 unspecified atom stereocenters. The molecule has 2 rings (SSSR count). The summed E-state index contributed by atoms with van der Waals surface area (Å²) in [4.78, 5) is 0. The van der Waals surface area contributed by atoms with Crippen LogP contribution < -0.4 is 10.6 Å². The first-order chi connectivity index (χ1) is 9.57. The second-order valence-corrected chi connectivity index (χ2v) is 5.05. The van der Waals surface area contributed by atoms with Crippen LogP contribution in [0.15, 0.2) is 71.9 Å². The van der Waals surface area contributed by atoms with E-state index in [4.69, 9.17) is 4.74 Å². The number of hydrogen-bond acceptors (Lipinski definition) is 3. The van der Waals surface area contributed by atoms with E-state index >= 15 is 0 Å². The maximum absolute atomic E-state index is 5.67. The van der Waals surface area contributed by atoms with Crippen LogP contribution in [0.3, 0.4) is 0 Å². The van der Waals surface area contributed by atoms with Gasteiger partial charge in [0.25, 0.3) is 0 Å². The topological polar surface area (TPSA) is 33.3 Å². The average molecular weight is 270 g/mol. The summed E-state index contributed by atoms with van der Waals surface area (Å²) in [5, 5.41) is 6.51. The molecular weight excluding hydrogens is 248 g/mol. The van der Waals surface area contributed by atoms with E-state index in [1.165, 1.54) is 0 Å². The predicted molar refractivity (Wildman–Crippen MR) is 83.9 cm³/mol. The van der Waals surface area contributed by atoms with Gasteiger partial charge in [-0.1, -0.05) is 24.8 Å². The summed E-state index contributed by atoms with van der Waals surface area (Å²) in [5.41, 5.74) is 1.94. The fourth-order valence-electron chi connectivity index (χ4n) is 2.27. The Balaban J connectivity index is 2.12. The van der Waals surface area contributed by atoms with Gasteiger partial charge in [-0.2, -0.15) is 0 Å². The summed E-state index contributed by atoms with van der Waals surface area (Å²) < 4.78 is 5.67. The summed E-state index contributed by atoms with van der Waals surface area (Å²) in [6, 6.07) is 0. The molecule has 0 fully saturated rings. The summed E-state index contributed by atoms with van der Waals surface area (Å²) >= 11 is 0. The lowest BCUT2D eigenvalue weighted by Gasteiger charge is -2.29. The molecule has 0 aromatic carbocycles. The normalized spacial score (nSPS) is 25.9. The maximum Gasteiger partial charge on any atom is 0.127 e. The van der Waals surface area contributed by atoms with Crippen LogP contribution in [0.2, 0.25) is 0 Å². The Labute approximate surface area is 121 Å². The van der Waals surface area contributed by atoms with Crippen molar-refractivity contribution in [2.45, 2.75) is 18.9 Å². The summed E-state index contributed by atoms with van der Waals surface area (Å²) in [6.07, 6.45) is 15.3. The van der Waals surface area contributed by atoms with Gasteiger partial charge in [-0.05, 0) is 50.3 Å². The van der Waals surface area contributed by atoms with Crippen molar-refractivity contribution in [2.24, 2.45) is 0 Å². The Kier molecular flexibility index (Phi) is 4.30. The third-order valence-corrected chi connectivity index (χ3v) is 3.51. The number of hydrogen-bond donors (Lipinski definition) is 2. The first-order valence-corrected chi connectivity index (χ1v) is 6.79. The first-order valence-electron chi connectivity index (χ1n) is 6.79. The fourth-order valence-corrected chi connectivity index (χ4v) is 2.27. The zero-order valence-electron chi connectivity index (χ0n) is 12.4. The molecule has 1 aliphatic carbocycles. The number of likely N-dealkylation sites (N-methyl/N-ethyl adjacent to an activating group) is 2. The molecule has 2 aliphatic rings. The molecule has 0 aromatic rings. The van der Waals surface area contributed by atoms with Gasteiger partial charge in [0.1, 0.15) is 11.5 Å². The minimum Gasteiger partial charge on any atom is -0.462 e. The third kappa shape index (κ3) is 3.31. The first kappa shape index (κ1) is 14.4. The molecule has 0 aromatic heterocycles. The van der Waals surface area contributed by atoms with Gasteiger partial charge in [-0.25, -0.2) is 0 Å². The van der Waals surface area contributed by atoms with Crippen LogP contribution in [0.5, 0.6) is 0 Å². The molecule has 2 N–H and O–H groups in total. The number of allylic oxidation sites excluding steroid dienone is 6. The molecule has 1 atom stereocenters. The zero-order valence-corrected chi connectivity index (χ0v) is 12.4. The smallest absolute Gasteiger partial charge is 0.127 e. The van der Waals surface area contributed by atoms with E-state index in [0.29, 0.717) is 0 Å². The van der Waals surface area contributed by atoms with Gasteiger partial charge < -0.3 is 15.4 Å². The van der Waals surface area contributed by atoms with Crippen molar-refractivity contribution in [1.29, 1.82) is 0 Å². The van der Waals surface area contributed by atoms with E-state index in [1.807, 2.05) is 39.2 Å². The van der Waals surface area contributed by atoms with E-state index in [9.17, 15) is 0 Å². The van der Waals surface area contributed by atoms with Crippen LogP contribution in [0.4, 0.5) is 0 Å². The molecule has 0 radical (unpaired) electrons. The number of rotatable bonds is 4. The Morgan fingerprint density at radius 2 is 2.15 bits per heavy atom. The van der Waals surface area contributed by atoms with Crippen molar-refractivity contribution in [2.75, 3.05) is 14.1 Å². The lowest BCUT2D eigenvalue weighted by atomic mass is 9.89. The number of nitrogens with one attached hydrogen (secondary N) is 2. The molecule has 3 heteroatoms. The van der Waals surface area contributed by atoms with Gasteiger partial charge in [0, 0.05) is 12.7 Å². The molecule has 20 heavy (non-hydrogen) atoms. The van der Waals surface area contributed by atoms with Crippen molar-refractivity contribution in [3.8, 4) is 0 Å².